The van der Waals surface area contributed by atoms with Crippen LogP contribution in [0.5, 0.6) is 0 Å². The van der Waals surface area contributed by atoms with E-state index in [0.29, 0.717) is 11.3 Å². The molecule has 0 unspecified atom stereocenters. The average Bonchev–Trinajstić information content (AvgIpc) is 2.68. The Kier molecular flexibility index (Phi) is 3.45. The molecule has 1 heterocycles. The Morgan fingerprint density at radius 3 is 2.56 bits per heavy atom. The van der Waals surface area contributed by atoms with Crippen molar-refractivity contribution in [3.05, 3.63) is 44.2 Å². The standard InChI is InChI=1S/C11H9IN2OS/c12-10-5-7(6-16-10)11(15)14-9-3-1-8(13)2-4-9/h1-6H,13H2,(H,14,15). The fraction of sp³-hybridized carbons (Fsp3) is 0. The van der Waals surface area contributed by atoms with Crippen LogP contribution < -0.4 is 11.1 Å². The molecule has 3 N–H and O–H groups in total. The maximum Gasteiger partial charge on any atom is 0.256 e. The van der Waals surface area contributed by atoms with Gasteiger partial charge >= 0.3 is 0 Å². The lowest BCUT2D eigenvalue weighted by atomic mass is 10.2. The molecule has 0 atom stereocenters. The summed E-state index contributed by atoms with van der Waals surface area (Å²) < 4.78 is 1.10. The van der Waals surface area contributed by atoms with Crippen LogP contribution in [0.25, 0.3) is 0 Å². The lowest BCUT2D eigenvalue weighted by molar-refractivity contribution is 0.102. The van der Waals surface area contributed by atoms with Gasteiger partial charge in [-0.15, -0.1) is 11.3 Å². The van der Waals surface area contributed by atoms with Gasteiger partial charge in [-0.25, -0.2) is 0 Å². The van der Waals surface area contributed by atoms with Crippen LogP contribution in [0.2, 0.25) is 0 Å². The third kappa shape index (κ3) is 2.73. The van der Waals surface area contributed by atoms with E-state index in [9.17, 15) is 4.79 Å². The van der Waals surface area contributed by atoms with Gasteiger partial charge in [-0.2, -0.15) is 0 Å². The highest BCUT2D eigenvalue weighted by Crippen LogP contribution is 2.18. The number of halogens is 1. The second kappa shape index (κ2) is 4.84. The molecule has 2 rings (SSSR count). The molecule has 0 saturated carbocycles. The second-order valence-corrected chi connectivity index (χ2v) is 6.02. The van der Waals surface area contributed by atoms with Crippen LogP contribution in [0.3, 0.4) is 0 Å². The van der Waals surface area contributed by atoms with E-state index >= 15 is 0 Å². The number of carbonyl (C=O) groups is 1. The molecule has 0 aliphatic carbocycles. The summed E-state index contributed by atoms with van der Waals surface area (Å²) in [7, 11) is 0. The van der Waals surface area contributed by atoms with E-state index in [2.05, 4.69) is 27.9 Å². The zero-order valence-corrected chi connectivity index (χ0v) is 11.2. The Bertz CT molecular complexity index is 507. The molecule has 16 heavy (non-hydrogen) atoms. The van der Waals surface area contributed by atoms with Gasteiger partial charge in [0.2, 0.25) is 0 Å². The topological polar surface area (TPSA) is 55.1 Å². The Morgan fingerprint density at radius 1 is 1.31 bits per heavy atom. The first-order valence-corrected chi connectivity index (χ1v) is 6.52. The van der Waals surface area contributed by atoms with E-state index in [4.69, 9.17) is 5.73 Å². The summed E-state index contributed by atoms with van der Waals surface area (Å²) in [6, 6.07) is 8.94. The highest BCUT2D eigenvalue weighted by atomic mass is 127. The summed E-state index contributed by atoms with van der Waals surface area (Å²) in [5, 5.41) is 4.65. The van der Waals surface area contributed by atoms with Gasteiger partial charge in [-0.05, 0) is 52.9 Å². The normalized spacial score (nSPS) is 10.1. The van der Waals surface area contributed by atoms with Gasteiger partial charge in [0.15, 0.2) is 0 Å². The molecule has 1 aromatic carbocycles. The van der Waals surface area contributed by atoms with Crippen LogP contribution in [0.4, 0.5) is 11.4 Å². The van der Waals surface area contributed by atoms with Crippen LogP contribution in [0, 0.1) is 2.88 Å². The first-order valence-electron chi connectivity index (χ1n) is 4.56. The van der Waals surface area contributed by atoms with Gasteiger partial charge in [0, 0.05) is 16.8 Å². The van der Waals surface area contributed by atoms with Gasteiger partial charge < -0.3 is 11.1 Å². The lowest BCUT2D eigenvalue weighted by Gasteiger charge is -2.03. The van der Waals surface area contributed by atoms with Gasteiger partial charge in [0.1, 0.15) is 0 Å². The maximum atomic E-state index is 11.8. The smallest absolute Gasteiger partial charge is 0.256 e. The molecule has 1 amide bonds. The summed E-state index contributed by atoms with van der Waals surface area (Å²) in [5.74, 6) is -0.0936. The van der Waals surface area contributed by atoms with E-state index in [1.54, 1.807) is 35.6 Å². The van der Waals surface area contributed by atoms with Gasteiger partial charge in [0.05, 0.1) is 8.45 Å². The highest BCUT2D eigenvalue weighted by molar-refractivity contribution is 14.1. The van der Waals surface area contributed by atoms with Crippen molar-refractivity contribution in [1.29, 1.82) is 0 Å². The number of anilines is 2. The number of hydrogen-bond donors (Lipinski definition) is 2. The summed E-state index contributed by atoms with van der Waals surface area (Å²) in [6.07, 6.45) is 0. The minimum absolute atomic E-state index is 0.0936. The van der Waals surface area contributed by atoms with Crippen LogP contribution in [0.15, 0.2) is 35.7 Å². The third-order valence-corrected chi connectivity index (χ3v) is 3.79. The minimum atomic E-state index is -0.0936. The number of nitrogens with two attached hydrogens (primary N) is 1. The van der Waals surface area contributed by atoms with E-state index < -0.39 is 0 Å². The molecule has 0 aliphatic heterocycles. The van der Waals surface area contributed by atoms with Crippen molar-refractivity contribution in [2.45, 2.75) is 0 Å². The minimum Gasteiger partial charge on any atom is -0.399 e. The fourth-order valence-electron chi connectivity index (χ4n) is 1.20. The van der Waals surface area contributed by atoms with Crippen LogP contribution in [0.1, 0.15) is 10.4 Å². The fourth-order valence-corrected chi connectivity index (χ4v) is 2.53. The van der Waals surface area contributed by atoms with E-state index in [1.165, 1.54) is 0 Å². The van der Waals surface area contributed by atoms with Crippen molar-refractivity contribution >= 4 is 51.2 Å². The monoisotopic (exact) mass is 344 g/mol. The van der Waals surface area contributed by atoms with E-state index in [1.807, 2.05) is 11.4 Å². The molecular weight excluding hydrogens is 335 g/mol. The van der Waals surface area contributed by atoms with Gasteiger partial charge in [-0.3, -0.25) is 4.79 Å². The summed E-state index contributed by atoms with van der Waals surface area (Å²) in [4.78, 5) is 11.8. The summed E-state index contributed by atoms with van der Waals surface area (Å²) in [5.41, 5.74) is 7.68. The summed E-state index contributed by atoms with van der Waals surface area (Å²) in [6.45, 7) is 0. The molecule has 0 aliphatic rings. The Labute approximate surface area is 111 Å². The summed E-state index contributed by atoms with van der Waals surface area (Å²) >= 11 is 3.74. The number of nitrogens with one attached hydrogen (secondary N) is 1. The molecule has 2 aromatic rings. The predicted molar refractivity (Wildman–Crippen MR) is 75.8 cm³/mol. The largest absolute Gasteiger partial charge is 0.399 e. The molecule has 0 radical (unpaired) electrons. The Hall–Kier alpha value is -1.08. The third-order valence-electron chi connectivity index (χ3n) is 2.00. The van der Waals surface area contributed by atoms with Crippen molar-refractivity contribution in [2.24, 2.45) is 0 Å². The van der Waals surface area contributed by atoms with Crippen molar-refractivity contribution in [2.75, 3.05) is 11.1 Å². The lowest BCUT2D eigenvalue weighted by Crippen LogP contribution is -2.10. The molecule has 82 valence electrons. The molecule has 0 saturated heterocycles. The average molecular weight is 344 g/mol. The molecule has 1 aromatic heterocycles. The first-order chi connectivity index (χ1) is 7.65. The molecule has 5 heteroatoms. The molecule has 0 bridgehead atoms. The van der Waals surface area contributed by atoms with Crippen molar-refractivity contribution in [3.63, 3.8) is 0 Å². The number of rotatable bonds is 2. The Balaban J connectivity index is 2.10. The van der Waals surface area contributed by atoms with Crippen LogP contribution >= 0.6 is 33.9 Å². The highest BCUT2D eigenvalue weighted by Gasteiger charge is 2.07. The number of amides is 1. The quantitative estimate of drug-likeness (QED) is 0.649. The number of thiophene rings is 1. The van der Waals surface area contributed by atoms with Gasteiger partial charge in [-0.1, -0.05) is 0 Å². The van der Waals surface area contributed by atoms with Crippen LogP contribution in [-0.4, -0.2) is 5.91 Å². The van der Waals surface area contributed by atoms with Crippen molar-refractivity contribution in [3.8, 4) is 0 Å². The number of benzene rings is 1. The number of carbonyl (C=O) groups excluding carboxylic acids is 1. The molecule has 3 nitrogen and oxygen atoms in total. The Morgan fingerprint density at radius 2 is 2.00 bits per heavy atom. The second-order valence-electron chi connectivity index (χ2n) is 3.22. The zero-order chi connectivity index (χ0) is 11.5. The SMILES string of the molecule is Nc1ccc(NC(=O)c2csc(I)c2)cc1. The molecule has 0 spiro atoms. The van der Waals surface area contributed by atoms with Crippen LogP contribution in [-0.2, 0) is 0 Å². The van der Waals surface area contributed by atoms with Gasteiger partial charge in [0.25, 0.3) is 5.91 Å². The molecular formula is C11H9IN2OS. The number of hydrogen-bond acceptors (Lipinski definition) is 3. The van der Waals surface area contributed by atoms with Crippen molar-refractivity contribution in [1.82, 2.24) is 0 Å². The number of nitrogen functional groups attached to an aromatic ring is 1. The molecule has 0 fully saturated rings. The predicted octanol–water partition coefficient (Wildman–Crippen LogP) is 3.19. The van der Waals surface area contributed by atoms with E-state index in [-0.39, 0.29) is 5.91 Å². The van der Waals surface area contributed by atoms with Crippen molar-refractivity contribution < 1.29 is 4.79 Å². The maximum absolute atomic E-state index is 11.8. The zero-order valence-electron chi connectivity index (χ0n) is 8.24. The first kappa shape index (κ1) is 11.4. The van der Waals surface area contributed by atoms with E-state index in [0.717, 1.165) is 8.57 Å².